The number of aromatic nitrogens is 3. The summed E-state index contributed by atoms with van der Waals surface area (Å²) >= 11 is 0. The number of fused-ring (bicyclic) bond motifs is 1. The maximum atomic E-state index is 11.9. The van der Waals surface area contributed by atoms with Gasteiger partial charge in [0.05, 0.1) is 12.6 Å². The summed E-state index contributed by atoms with van der Waals surface area (Å²) in [7, 11) is -3.54. The van der Waals surface area contributed by atoms with E-state index in [-0.39, 0.29) is 6.54 Å². The second kappa shape index (κ2) is 3.84. The molecule has 1 aromatic heterocycles. The van der Waals surface area contributed by atoms with Crippen LogP contribution in [0.4, 0.5) is 0 Å². The van der Waals surface area contributed by atoms with Gasteiger partial charge in [0.2, 0.25) is 10.0 Å². The van der Waals surface area contributed by atoms with Crippen molar-refractivity contribution in [3.8, 4) is 6.07 Å². The van der Waals surface area contributed by atoms with Crippen LogP contribution in [0.3, 0.4) is 0 Å². The van der Waals surface area contributed by atoms with Crippen molar-refractivity contribution < 1.29 is 8.42 Å². The first kappa shape index (κ1) is 11.0. The van der Waals surface area contributed by atoms with Gasteiger partial charge >= 0.3 is 0 Å². The van der Waals surface area contributed by atoms with Crippen molar-refractivity contribution in [1.29, 1.82) is 5.26 Å². The first-order valence-corrected chi connectivity index (χ1v) is 6.31. The van der Waals surface area contributed by atoms with E-state index in [0.717, 1.165) is 0 Å². The molecule has 1 aliphatic rings. The minimum absolute atomic E-state index is 0.189. The monoisotopic (exact) mass is 241 g/mol. The Balaban J connectivity index is 2.25. The van der Waals surface area contributed by atoms with Crippen LogP contribution in [-0.2, 0) is 23.1 Å². The molecule has 0 saturated carbocycles. The predicted octanol–water partition coefficient (Wildman–Crippen LogP) is -0.664. The zero-order valence-corrected chi connectivity index (χ0v) is 9.55. The fourth-order valence-electron chi connectivity index (χ4n) is 1.55. The smallest absolute Gasteiger partial charge is 0.230 e. The van der Waals surface area contributed by atoms with E-state index in [1.165, 1.54) is 11.2 Å². The van der Waals surface area contributed by atoms with Crippen molar-refractivity contribution in [2.24, 2.45) is 0 Å². The molecule has 0 fully saturated rings. The molecule has 0 aromatic carbocycles. The number of hydrogen-bond acceptors (Lipinski definition) is 5. The van der Waals surface area contributed by atoms with Crippen molar-refractivity contribution in [2.75, 3.05) is 6.54 Å². The molecule has 1 aliphatic heterocycles. The van der Waals surface area contributed by atoms with Crippen LogP contribution in [0.1, 0.15) is 12.7 Å². The topological polar surface area (TPSA) is 91.9 Å². The van der Waals surface area contributed by atoms with Crippen LogP contribution in [0.15, 0.2) is 6.33 Å². The lowest BCUT2D eigenvalue weighted by atomic mass is 10.4. The zero-order valence-electron chi connectivity index (χ0n) is 8.74. The Kier molecular flexibility index (Phi) is 2.65. The van der Waals surface area contributed by atoms with Gasteiger partial charge in [-0.15, -0.1) is 10.2 Å². The molecule has 0 amide bonds. The third-order valence-electron chi connectivity index (χ3n) is 2.59. The molecule has 2 heterocycles. The Bertz CT molecular complexity index is 529. The second-order valence-electron chi connectivity index (χ2n) is 3.59. The molecule has 1 aromatic rings. The van der Waals surface area contributed by atoms with Crippen molar-refractivity contribution >= 4 is 10.0 Å². The van der Waals surface area contributed by atoms with Crippen molar-refractivity contribution in [2.45, 2.75) is 25.3 Å². The summed E-state index contributed by atoms with van der Waals surface area (Å²) in [5.41, 5.74) is 0. The highest BCUT2D eigenvalue weighted by Crippen LogP contribution is 2.16. The molecule has 0 N–H and O–H groups in total. The van der Waals surface area contributed by atoms with Gasteiger partial charge in [-0.05, 0) is 6.92 Å². The average molecular weight is 241 g/mol. The van der Waals surface area contributed by atoms with Crippen LogP contribution in [-0.4, -0.2) is 39.3 Å². The van der Waals surface area contributed by atoms with E-state index < -0.39 is 15.3 Å². The third kappa shape index (κ3) is 1.68. The summed E-state index contributed by atoms with van der Waals surface area (Å²) in [6, 6.07) is 1.75. The number of rotatable bonds is 2. The molecule has 1 unspecified atom stereocenters. The molecule has 8 heteroatoms. The van der Waals surface area contributed by atoms with Gasteiger partial charge < -0.3 is 4.57 Å². The van der Waals surface area contributed by atoms with Crippen LogP contribution in [0, 0.1) is 11.3 Å². The average Bonchev–Trinajstić information content (AvgIpc) is 2.74. The predicted molar refractivity (Wildman–Crippen MR) is 54.4 cm³/mol. The molecular weight excluding hydrogens is 230 g/mol. The van der Waals surface area contributed by atoms with Crippen LogP contribution >= 0.6 is 0 Å². The summed E-state index contributed by atoms with van der Waals surface area (Å²) in [6.45, 7) is 2.46. The fraction of sp³-hybridized carbons (Fsp3) is 0.625. The number of nitriles is 1. The molecule has 7 nitrogen and oxygen atoms in total. The van der Waals surface area contributed by atoms with E-state index in [1.54, 1.807) is 12.4 Å². The molecule has 0 spiro atoms. The summed E-state index contributed by atoms with van der Waals surface area (Å²) in [6.07, 6.45) is 1.58. The molecule has 16 heavy (non-hydrogen) atoms. The van der Waals surface area contributed by atoms with Crippen molar-refractivity contribution in [3.63, 3.8) is 0 Å². The van der Waals surface area contributed by atoms with E-state index >= 15 is 0 Å². The Morgan fingerprint density at radius 3 is 3.00 bits per heavy atom. The molecule has 0 bridgehead atoms. The normalized spacial score (nSPS) is 18.8. The van der Waals surface area contributed by atoms with Crippen LogP contribution in [0.5, 0.6) is 0 Å². The fourth-order valence-corrected chi connectivity index (χ4v) is 2.76. The highest BCUT2D eigenvalue weighted by Gasteiger charge is 2.32. The number of sulfonamides is 1. The minimum Gasteiger partial charge on any atom is -0.315 e. The van der Waals surface area contributed by atoms with E-state index in [4.69, 9.17) is 5.26 Å². The first-order valence-electron chi connectivity index (χ1n) is 4.81. The SMILES string of the molecule is CC(C#N)S(=O)(=O)N1CCn2cnnc2C1. The van der Waals surface area contributed by atoms with Crippen LogP contribution in [0.2, 0.25) is 0 Å². The Hall–Kier alpha value is -1.46. The van der Waals surface area contributed by atoms with Gasteiger partial charge in [0.15, 0.2) is 5.25 Å². The molecule has 0 saturated heterocycles. The van der Waals surface area contributed by atoms with Gasteiger partial charge in [-0.2, -0.15) is 9.57 Å². The van der Waals surface area contributed by atoms with Crippen LogP contribution < -0.4 is 0 Å². The minimum atomic E-state index is -3.54. The zero-order chi connectivity index (χ0) is 11.8. The molecule has 0 aliphatic carbocycles. The van der Waals surface area contributed by atoms with E-state index in [0.29, 0.717) is 18.9 Å². The largest absolute Gasteiger partial charge is 0.315 e. The maximum absolute atomic E-state index is 11.9. The Morgan fingerprint density at radius 1 is 1.56 bits per heavy atom. The molecule has 1 atom stereocenters. The summed E-state index contributed by atoms with van der Waals surface area (Å²) in [4.78, 5) is 0. The molecule has 86 valence electrons. The lowest BCUT2D eigenvalue weighted by Crippen LogP contribution is -2.42. The van der Waals surface area contributed by atoms with E-state index in [1.807, 2.05) is 4.57 Å². The maximum Gasteiger partial charge on any atom is 0.230 e. The van der Waals surface area contributed by atoms with Gasteiger partial charge in [0.25, 0.3) is 0 Å². The highest BCUT2D eigenvalue weighted by atomic mass is 32.2. The molecular formula is C8H11N5O2S. The second-order valence-corrected chi connectivity index (χ2v) is 5.84. The van der Waals surface area contributed by atoms with Crippen LogP contribution in [0.25, 0.3) is 0 Å². The van der Waals surface area contributed by atoms with Gasteiger partial charge in [0, 0.05) is 13.1 Å². The van der Waals surface area contributed by atoms with Gasteiger partial charge in [-0.1, -0.05) is 0 Å². The Labute approximate surface area is 93.4 Å². The first-order chi connectivity index (χ1) is 7.55. The lowest BCUT2D eigenvalue weighted by molar-refractivity contribution is 0.334. The highest BCUT2D eigenvalue weighted by molar-refractivity contribution is 7.89. The van der Waals surface area contributed by atoms with E-state index in [9.17, 15) is 8.42 Å². The molecule has 0 radical (unpaired) electrons. The van der Waals surface area contributed by atoms with E-state index in [2.05, 4.69) is 10.2 Å². The number of hydrogen-bond donors (Lipinski definition) is 0. The quantitative estimate of drug-likeness (QED) is 0.685. The summed E-state index contributed by atoms with van der Waals surface area (Å²) < 4.78 is 26.9. The molecule has 2 rings (SSSR count). The summed E-state index contributed by atoms with van der Waals surface area (Å²) in [5.74, 6) is 0.611. The third-order valence-corrected chi connectivity index (χ3v) is 4.62. The van der Waals surface area contributed by atoms with Gasteiger partial charge in [0.1, 0.15) is 12.2 Å². The van der Waals surface area contributed by atoms with Gasteiger partial charge in [-0.3, -0.25) is 0 Å². The number of nitrogens with zero attached hydrogens (tertiary/aromatic N) is 5. The van der Waals surface area contributed by atoms with Gasteiger partial charge in [-0.25, -0.2) is 8.42 Å². The summed E-state index contributed by atoms with van der Waals surface area (Å²) in [5, 5.41) is 15.2. The van der Waals surface area contributed by atoms with Crippen molar-refractivity contribution in [1.82, 2.24) is 19.1 Å². The van der Waals surface area contributed by atoms with Crippen molar-refractivity contribution in [3.05, 3.63) is 12.2 Å². The Morgan fingerprint density at radius 2 is 2.31 bits per heavy atom. The lowest BCUT2D eigenvalue weighted by Gasteiger charge is -2.27. The standard InChI is InChI=1S/C8H11N5O2S/c1-7(4-9)16(14,15)13-3-2-12-6-10-11-8(12)5-13/h6-7H,2-3,5H2,1H3.